The summed E-state index contributed by atoms with van der Waals surface area (Å²) < 4.78 is 20.9. The lowest BCUT2D eigenvalue weighted by molar-refractivity contribution is 0.623. The van der Waals surface area contributed by atoms with Gasteiger partial charge in [-0.3, -0.25) is 4.79 Å². The molecule has 0 aromatic carbocycles. The molecule has 0 aliphatic heterocycles. The SMILES string of the molecule is O=c1ccc2cnc(=S(=O)=O)[nH]c2[nH]1. The molecule has 7 heteroatoms. The molecular weight excluding hydrogens is 206 g/mol. The minimum atomic E-state index is -2.43. The maximum Gasteiger partial charge on any atom is 0.258 e. The smallest absolute Gasteiger partial charge is 0.258 e. The zero-order chi connectivity index (χ0) is 10.1. The lowest BCUT2D eigenvalue weighted by Crippen LogP contribution is -2.04. The maximum atomic E-state index is 10.9. The Labute approximate surface area is 78.8 Å². The average Bonchev–Trinajstić information content (AvgIpc) is 2.16. The second kappa shape index (κ2) is 3.11. The largest absolute Gasteiger partial charge is 0.313 e. The van der Waals surface area contributed by atoms with Gasteiger partial charge < -0.3 is 9.97 Å². The third kappa shape index (κ3) is 1.44. The number of fused-ring (bicyclic) bond motifs is 1. The predicted octanol–water partition coefficient (Wildman–Crippen LogP) is -0.338. The molecule has 2 rings (SSSR count). The molecule has 72 valence electrons. The van der Waals surface area contributed by atoms with Gasteiger partial charge in [-0.1, -0.05) is 0 Å². The van der Waals surface area contributed by atoms with Gasteiger partial charge in [0, 0.05) is 17.6 Å². The van der Waals surface area contributed by atoms with E-state index in [9.17, 15) is 13.2 Å². The van der Waals surface area contributed by atoms with Crippen LogP contribution in [0.4, 0.5) is 0 Å². The van der Waals surface area contributed by atoms with Crippen LogP contribution in [0.1, 0.15) is 0 Å². The van der Waals surface area contributed by atoms with Gasteiger partial charge in [0.25, 0.3) is 15.1 Å². The van der Waals surface area contributed by atoms with Gasteiger partial charge in [0.1, 0.15) is 5.65 Å². The highest BCUT2D eigenvalue weighted by atomic mass is 32.2. The van der Waals surface area contributed by atoms with Gasteiger partial charge in [-0.05, 0) is 6.07 Å². The van der Waals surface area contributed by atoms with Crippen LogP contribution in [0.25, 0.3) is 11.0 Å². The zero-order valence-corrected chi connectivity index (χ0v) is 7.63. The Morgan fingerprint density at radius 1 is 1.21 bits per heavy atom. The molecule has 2 aromatic heterocycles. The summed E-state index contributed by atoms with van der Waals surface area (Å²) in [5.41, 5.74) is 0.0364. The summed E-state index contributed by atoms with van der Waals surface area (Å²) in [6.45, 7) is 0. The number of aromatic nitrogens is 3. The van der Waals surface area contributed by atoms with Gasteiger partial charge >= 0.3 is 0 Å². The van der Waals surface area contributed by atoms with Crippen molar-refractivity contribution in [2.24, 2.45) is 0 Å². The van der Waals surface area contributed by atoms with Crippen molar-refractivity contribution in [1.29, 1.82) is 0 Å². The van der Waals surface area contributed by atoms with Crippen LogP contribution in [-0.4, -0.2) is 23.4 Å². The highest BCUT2D eigenvalue weighted by Crippen LogP contribution is 2.01. The molecule has 0 bridgehead atoms. The van der Waals surface area contributed by atoms with E-state index in [2.05, 4.69) is 15.0 Å². The Balaban J connectivity index is 3.05. The molecule has 0 aliphatic rings. The fraction of sp³-hybridized carbons (Fsp3) is 0. The Hall–Kier alpha value is -1.89. The number of H-pyrrole nitrogens is 2. The van der Waals surface area contributed by atoms with Crippen LogP contribution < -0.4 is 5.56 Å². The van der Waals surface area contributed by atoms with E-state index in [1.807, 2.05) is 0 Å². The number of aromatic amines is 2. The first-order chi connectivity index (χ1) is 6.66. The van der Waals surface area contributed by atoms with E-state index < -0.39 is 10.3 Å². The third-order valence-corrected chi connectivity index (χ3v) is 2.19. The monoisotopic (exact) mass is 211 g/mol. The van der Waals surface area contributed by atoms with E-state index >= 15 is 0 Å². The van der Waals surface area contributed by atoms with Gasteiger partial charge in [0.15, 0.2) is 0 Å². The van der Waals surface area contributed by atoms with Gasteiger partial charge in [-0.2, -0.15) is 8.42 Å². The molecule has 2 N–H and O–H groups in total. The summed E-state index contributed by atoms with van der Waals surface area (Å²) in [4.78, 5) is 19.5. The summed E-state index contributed by atoms with van der Waals surface area (Å²) in [6, 6.07) is 2.89. The highest BCUT2D eigenvalue weighted by Gasteiger charge is 1.94. The Kier molecular flexibility index (Phi) is 1.93. The van der Waals surface area contributed by atoms with Crippen LogP contribution in [0.5, 0.6) is 0 Å². The summed E-state index contributed by atoms with van der Waals surface area (Å²) >= 11 is 0. The second-order valence-electron chi connectivity index (χ2n) is 2.58. The van der Waals surface area contributed by atoms with Gasteiger partial charge in [-0.25, -0.2) is 4.98 Å². The lowest BCUT2D eigenvalue weighted by atomic mass is 10.3. The summed E-state index contributed by atoms with van der Waals surface area (Å²) in [5, 5.41) is 0.638. The predicted molar refractivity (Wildman–Crippen MR) is 48.9 cm³/mol. The minimum absolute atomic E-state index is 0.209. The Bertz CT molecular complexity index is 703. The first kappa shape index (κ1) is 8.70. The van der Waals surface area contributed by atoms with E-state index in [4.69, 9.17) is 0 Å². The van der Waals surface area contributed by atoms with Crippen LogP contribution in [0.3, 0.4) is 0 Å². The van der Waals surface area contributed by atoms with Crippen molar-refractivity contribution in [3.63, 3.8) is 0 Å². The molecule has 0 aliphatic carbocycles. The normalized spacial score (nSPS) is 10.3. The second-order valence-corrected chi connectivity index (χ2v) is 3.43. The first-order valence-electron chi connectivity index (χ1n) is 3.67. The van der Waals surface area contributed by atoms with Crippen molar-refractivity contribution in [3.05, 3.63) is 33.5 Å². The fourth-order valence-electron chi connectivity index (χ4n) is 1.05. The van der Waals surface area contributed by atoms with Crippen molar-refractivity contribution in [2.45, 2.75) is 0 Å². The summed E-state index contributed by atoms with van der Waals surface area (Å²) in [6.07, 6.45) is 1.37. The molecule has 0 spiro atoms. The van der Waals surface area contributed by atoms with Crippen molar-refractivity contribution in [2.75, 3.05) is 0 Å². The highest BCUT2D eigenvalue weighted by molar-refractivity contribution is 7.63. The summed E-state index contributed by atoms with van der Waals surface area (Å²) in [5.74, 6) is 0. The first-order valence-corrected chi connectivity index (χ1v) is 4.75. The quantitative estimate of drug-likeness (QED) is 0.583. The molecule has 0 radical (unpaired) electrons. The van der Waals surface area contributed by atoms with Crippen molar-refractivity contribution >= 4 is 21.3 Å². The van der Waals surface area contributed by atoms with Crippen LogP contribution in [0.15, 0.2) is 23.1 Å². The third-order valence-electron chi connectivity index (χ3n) is 1.66. The maximum absolute atomic E-state index is 10.9. The van der Waals surface area contributed by atoms with Crippen LogP contribution in [-0.2, 0) is 10.3 Å². The molecule has 6 nitrogen and oxygen atoms in total. The number of nitrogens with one attached hydrogen (secondary N) is 2. The molecular formula is C7H5N3O3S. The standard InChI is InChI=1S/C7H5N3O3S/c11-5-2-1-4-3-8-7(14(12)13)10-6(4)9-5/h1-3H,(H2,9,10,11). The van der Waals surface area contributed by atoms with Gasteiger partial charge in [0.05, 0.1) is 0 Å². The van der Waals surface area contributed by atoms with Crippen LogP contribution in [0.2, 0.25) is 0 Å². The lowest BCUT2D eigenvalue weighted by Gasteiger charge is -1.93. The molecule has 2 heterocycles. The number of rotatable bonds is 0. The van der Waals surface area contributed by atoms with Crippen molar-refractivity contribution in [3.8, 4) is 0 Å². The van der Waals surface area contributed by atoms with Gasteiger partial charge in [-0.15, -0.1) is 0 Å². The number of hydrogen-bond acceptors (Lipinski definition) is 4. The van der Waals surface area contributed by atoms with E-state index in [-0.39, 0.29) is 10.3 Å². The molecule has 0 fully saturated rings. The number of pyridine rings is 1. The van der Waals surface area contributed by atoms with E-state index in [0.717, 1.165) is 0 Å². The zero-order valence-electron chi connectivity index (χ0n) is 6.81. The molecule has 0 atom stereocenters. The summed E-state index contributed by atoms with van der Waals surface area (Å²) in [7, 11) is -2.43. The van der Waals surface area contributed by atoms with Crippen molar-refractivity contribution in [1.82, 2.24) is 15.0 Å². The molecule has 0 amide bonds. The molecule has 2 aromatic rings. The topological polar surface area (TPSA) is 95.7 Å². The number of nitrogens with zero attached hydrogens (tertiary/aromatic N) is 1. The average molecular weight is 211 g/mol. The van der Waals surface area contributed by atoms with E-state index in [1.165, 1.54) is 12.3 Å². The van der Waals surface area contributed by atoms with Crippen LogP contribution >= 0.6 is 0 Å². The Morgan fingerprint density at radius 3 is 2.71 bits per heavy atom. The van der Waals surface area contributed by atoms with E-state index in [0.29, 0.717) is 11.0 Å². The molecule has 0 saturated heterocycles. The van der Waals surface area contributed by atoms with E-state index in [1.54, 1.807) is 6.07 Å². The molecule has 0 unspecified atom stereocenters. The van der Waals surface area contributed by atoms with Crippen LogP contribution in [0, 0.1) is 4.77 Å². The Morgan fingerprint density at radius 2 is 2.00 bits per heavy atom. The van der Waals surface area contributed by atoms with Gasteiger partial charge in [0.2, 0.25) is 5.56 Å². The van der Waals surface area contributed by atoms with Crippen molar-refractivity contribution < 1.29 is 8.42 Å². The number of hydrogen-bond donors (Lipinski definition) is 2. The fourth-order valence-corrected chi connectivity index (χ4v) is 1.37. The minimum Gasteiger partial charge on any atom is -0.313 e. The molecule has 0 saturated carbocycles. The molecule has 14 heavy (non-hydrogen) atoms.